The number of carbonyl (C=O) groups excluding carboxylic acids is 1. The van der Waals surface area contributed by atoms with E-state index in [2.05, 4.69) is 10.1 Å². The predicted octanol–water partition coefficient (Wildman–Crippen LogP) is 3.66. The Morgan fingerprint density at radius 3 is 2.54 bits per heavy atom. The molecule has 0 aliphatic heterocycles. The van der Waals surface area contributed by atoms with E-state index in [1.54, 1.807) is 44.4 Å². The third kappa shape index (κ3) is 4.31. The zero-order chi connectivity index (χ0) is 20.1. The van der Waals surface area contributed by atoms with Crippen molar-refractivity contribution in [2.75, 3.05) is 26.2 Å². The molecule has 1 aromatic heterocycles. The van der Waals surface area contributed by atoms with Crippen LogP contribution in [-0.4, -0.2) is 37.3 Å². The molecular formula is C21H23N3O4. The maximum Gasteiger partial charge on any atom is 0.227 e. The summed E-state index contributed by atoms with van der Waals surface area (Å²) in [5, 5.41) is 4.00. The van der Waals surface area contributed by atoms with Crippen LogP contribution in [0, 0.1) is 6.92 Å². The Bertz CT molecular complexity index is 951. The first-order valence-electron chi connectivity index (χ1n) is 8.90. The largest absolute Gasteiger partial charge is 0.497 e. The van der Waals surface area contributed by atoms with Crippen molar-refractivity contribution in [1.29, 1.82) is 0 Å². The Labute approximate surface area is 163 Å². The average Bonchev–Trinajstić information content (AvgIpc) is 3.20. The highest BCUT2D eigenvalue weighted by Crippen LogP contribution is 2.32. The van der Waals surface area contributed by atoms with Crippen LogP contribution in [0.1, 0.15) is 17.9 Å². The van der Waals surface area contributed by atoms with Crippen molar-refractivity contribution in [1.82, 2.24) is 10.1 Å². The van der Waals surface area contributed by atoms with Crippen LogP contribution in [0.2, 0.25) is 0 Å². The molecule has 0 fully saturated rings. The summed E-state index contributed by atoms with van der Waals surface area (Å²) in [5.74, 6) is 2.09. The summed E-state index contributed by atoms with van der Waals surface area (Å²) in [6.07, 6.45) is 0.599. The predicted molar refractivity (Wildman–Crippen MR) is 106 cm³/mol. The molecule has 3 aromatic rings. The first-order valence-corrected chi connectivity index (χ1v) is 8.90. The van der Waals surface area contributed by atoms with Gasteiger partial charge < -0.3 is 18.9 Å². The number of carbonyl (C=O) groups is 1. The Balaban J connectivity index is 1.65. The maximum atomic E-state index is 12.6. The van der Waals surface area contributed by atoms with Crippen molar-refractivity contribution in [3.8, 4) is 22.9 Å². The van der Waals surface area contributed by atoms with E-state index in [1.165, 1.54) is 0 Å². The molecule has 0 N–H and O–H groups in total. The molecule has 1 amide bonds. The summed E-state index contributed by atoms with van der Waals surface area (Å²) < 4.78 is 15.8. The molecule has 0 radical (unpaired) electrons. The van der Waals surface area contributed by atoms with Crippen LogP contribution in [0.4, 0.5) is 5.69 Å². The Morgan fingerprint density at radius 2 is 1.86 bits per heavy atom. The SMILES string of the molecule is COc1ccc(N(C)C(=O)CCc2nc(-c3ccc(C)cc3)no2)c(OC)c1. The molecule has 1 heterocycles. The van der Waals surface area contributed by atoms with Gasteiger partial charge in [0.1, 0.15) is 11.5 Å². The number of aromatic nitrogens is 2. The molecule has 0 aliphatic rings. The van der Waals surface area contributed by atoms with E-state index in [4.69, 9.17) is 14.0 Å². The lowest BCUT2D eigenvalue weighted by molar-refractivity contribution is -0.118. The van der Waals surface area contributed by atoms with Gasteiger partial charge >= 0.3 is 0 Å². The minimum Gasteiger partial charge on any atom is -0.497 e. The standard InChI is InChI=1S/C21H23N3O4/c1-14-5-7-15(8-6-14)21-22-19(28-23-21)11-12-20(25)24(2)17-10-9-16(26-3)13-18(17)27-4/h5-10,13H,11-12H2,1-4H3. The quantitative estimate of drug-likeness (QED) is 0.622. The summed E-state index contributed by atoms with van der Waals surface area (Å²) in [6.45, 7) is 2.02. The van der Waals surface area contributed by atoms with Crippen molar-refractivity contribution >= 4 is 11.6 Å². The molecule has 0 saturated carbocycles. The van der Waals surface area contributed by atoms with Crippen LogP contribution in [0.15, 0.2) is 47.0 Å². The van der Waals surface area contributed by atoms with Crippen LogP contribution in [0.3, 0.4) is 0 Å². The minimum absolute atomic E-state index is 0.0847. The molecule has 2 aromatic carbocycles. The highest BCUT2D eigenvalue weighted by molar-refractivity contribution is 5.94. The Kier molecular flexibility index (Phi) is 5.93. The van der Waals surface area contributed by atoms with E-state index in [9.17, 15) is 4.79 Å². The molecule has 146 valence electrons. The molecule has 28 heavy (non-hydrogen) atoms. The van der Waals surface area contributed by atoms with Gasteiger partial charge in [0.2, 0.25) is 17.6 Å². The summed E-state index contributed by atoms with van der Waals surface area (Å²) in [7, 11) is 4.85. The second-order valence-electron chi connectivity index (χ2n) is 6.37. The molecule has 0 unspecified atom stereocenters. The highest BCUT2D eigenvalue weighted by Gasteiger charge is 2.17. The first-order chi connectivity index (χ1) is 13.5. The number of anilines is 1. The van der Waals surface area contributed by atoms with Crippen molar-refractivity contribution in [3.63, 3.8) is 0 Å². The van der Waals surface area contributed by atoms with Crippen LogP contribution >= 0.6 is 0 Å². The normalized spacial score (nSPS) is 10.6. The van der Waals surface area contributed by atoms with Gasteiger partial charge in [-0.2, -0.15) is 4.98 Å². The zero-order valence-corrected chi connectivity index (χ0v) is 16.4. The second kappa shape index (κ2) is 8.56. The summed E-state index contributed by atoms with van der Waals surface area (Å²) in [5.41, 5.74) is 2.71. The summed E-state index contributed by atoms with van der Waals surface area (Å²) in [4.78, 5) is 18.5. The number of methoxy groups -OCH3 is 2. The maximum absolute atomic E-state index is 12.6. The number of aryl methyl sites for hydroxylation is 2. The fourth-order valence-corrected chi connectivity index (χ4v) is 2.75. The minimum atomic E-state index is -0.0847. The number of benzene rings is 2. The molecular weight excluding hydrogens is 358 g/mol. The van der Waals surface area contributed by atoms with E-state index in [-0.39, 0.29) is 12.3 Å². The third-order valence-electron chi connectivity index (χ3n) is 4.45. The van der Waals surface area contributed by atoms with E-state index in [0.29, 0.717) is 35.3 Å². The van der Waals surface area contributed by atoms with Crippen molar-refractivity contribution in [3.05, 3.63) is 53.9 Å². The Hall–Kier alpha value is -3.35. The van der Waals surface area contributed by atoms with Gasteiger partial charge in [-0.15, -0.1) is 0 Å². The summed E-state index contributed by atoms with van der Waals surface area (Å²) in [6, 6.07) is 13.2. The smallest absolute Gasteiger partial charge is 0.227 e. The van der Waals surface area contributed by atoms with Crippen molar-refractivity contribution in [2.24, 2.45) is 0 Å². The lowest BCUT2D eigenvalue weighted by atomic mass is 10.1. The number of nitrogens with zero attached hydrogens (tertiary/aromatic N) is 3. The molecule has 0 spiro atoms. The van der Waals surface area contributed by atoms with E-state index in [1.807, 2.05) is 31.2 Å². The zero-order valence-electron chi connectivity index (χ0n) is 16.4. The monoisotopic (exact) mass is 381 g/mol. The van der Waals surface area contributed by atoms with Crippen molar-refractivity contribution < 1.29 is 18.8 Å². The second-order valence-corrected chi connectivity index (χ2v) is 6.37. The molecule has 7 nitrogen and oxygen atoms in total. The van der Waals surface area contributed by atoms with Crippen LogP contribution in [0.5, 0.6) is 11.5 Å². The lowest BCUT2D eigenvalue weighted by Crippen LogP contribution is -2.26. The van der Waals surface area contributed by atoms with Gasteiger partial charge in [0.05, 0.1) is 19.9 Å². The topological polar surface area (TPSA) is 77.7 Å². The molecule has 3 rings (SSSR count). The van der Waals surface area contributed by atoms with Gasteiger partial charge in [0, 0.05) is 31.5 Å². The highest BCUT2D eigenvalue weighted by atomic mass is 16.5. The molecule has 7 heteroatoms. The van der Waals surface area contributed by atoms with Gasteiger partial charge in [-0.25, -0.2) is 0 Å². The molecule has 0 saturated heterocycles. The van der Waals surface area contributed by atoms with E-state index < -0.39 is 0 Å². The fourth-order valence-electron chi connectivity index (χ4n) is 2.75. The van der Waals surface area contributed by atoms with Crippen molar-refractivity contribution in [2.45, 2.75) is 19.8 Å². The van der Waals surface area contributed by atoms with Crippen LogP contribution in [0.25, 0.3) is 11.4 Å². The number of rotatable bonds is 7. The number of ether oxygens (including phenoxy) is 2. The first kappa shape index (κ1) is 19.4. The van der Waals surface area contributed by atoms with Crippen LogP contribution in [-0.2, 0) is 11.2 Å². The van der Waals surface area contributed by atoms with Gasteiger partial charge in [-0.1, -0.05) is 35.0 Å². The fraction of sp³-hybridized carbons (Fsp3) is 0.286. The van der Waals surface area contributed by atoms with Gasteiger partial charge in [-0.3, -0.25) is 4.79 Å². The lowest BCUT2D eigenvalue weighted by Gasteiger charge is -2.20. The molecule has 0 aliphatic carbocycles. The van der Waals surface area contributed by atoms with E-state index in [0.717, 1.165) is 11.1 Å². The molecule has 0 atom stereocenters. The molecule has 0 bridgehead atoms. The number of hydrogen-bond donors (Lipinski definition) is 0. The van der Waals surface area contributed by atoms with E-state index >= 15 is 0 Å². The Morgan fingerprint density at radius 1 is 1.11 bits per heavy atom. The average molecular weight is 381 g/mol. The van der Waals surface area contributed by atoms with Gasteiger partial charge in [-0.05, 0) is 19.1 Å². The number of amides is 1. The van der Waals surface area contributed by atoms with Gasteiger partial charge in [0.15, 0.2) is 0 Å². The third-order valence-corrected chi connectivity index (χ3v) is 4.45. The van der Waals surface area contributed by atoms with Gasteiger partial charge in [0.25, 0.3) is 0 Å². The summed E-state index contributed by atoms with van der Waals surface area (Å²) >= 11 is 0. The number of hydrogen-bond acceptors (Lipinski definition) is 6. The van der Waals surface area contributed by atoms with Crippen LogP contribution < -0.4 is 14.4 Å².